The fourth-order valence-corrected chi connectivity index (χ4v) is 7.77. The summed E-state index contributed by atoms with van der Waals surface area (Å²) in [5.41, 5.74) is -4.22. The minimum atomic E-state index is -1.86. The topological polar surface area (TPSA) is 335 Å². The van der Waals surface area contributed by atoms with Crippen LogP contribution >= 0.6 is 0 Å². The number of aliphatic hydroxyl groups excluding tert-OH is 3. The lowest BCUT2D eigenvalue weighted by molar-refractivity contribution is -0.384. The van der Waals surface area contributed by atoms with Crippen LogP contribution in [0.2, 0.25) is 0 Å². The number of hydrogen-bond donors (Lipinski definition) is 8. The number of amides is 5. The second-order valence-electron chi connectivity index (χ2n) is 20.7. The number of nitrogens with one attached hydrogen (secondary N) is 4. The average molecular weight is 1010 g/mol. The van der Waals surface area contributed by atoms with Gasteiger partial charge in [-0.25, -0.2) is 19.2 Å². The first-order valence-electron chi connectivity index (χ1n) is 23.2. The Balaban J connectivity index is 1.59. The number of allylic oxidation sites excluding steroid dienone is 1. The normalized spacial score (nSPS) is 27.3. The van der Waals surface area contributed by atoms with E-state index in [1.807, 2.05) is 0 Å². The van der Waals surface area contributed by atoms with Crippen LogP contribution in [0.25, 0.3) is 0 Å². The van der Waals surface area contributed by atoms with Crippen LogP contribution < -0.4 is 21.3 Å². The van der Waals surface area contributed by atoms with Crippen LogP contribution in [0.3, 0.4) is 0 Å². The quantitative estimate of drug-likeness (QED) is 0.0670. The molecule has 1 saturated carbocycles. The zero-order valence-electron chi connectivity index (χ0n) is 42.1. The van der Waals surface area contributed by atoms with Gasteiger partial charge in [0, 0.05) is 32.1 Å². The molecule has 1 aromatic carbocycles. The van der Waals surface area contributed by atoms with Gasteiger partial charge in [0.2, 0.25) is 5.91 Å². The maximum Gasteiger partial charge on any atom is 0.410 e. The Morgan fingerprint density at radius 2 is 1.45 bits per heavy atom. The fourth-order valence-electron chi connectivity index (χ4n) is 7.77. The number of aliphatic hydroxyl groups is 4. The molecule has 11 atom stereocenters. The van der Waals surface area contributed by atoms with E-state index in [9.17, 15) is 54.5 Å². The predicted octanol–water partition coefficient (Wildman–Crippen LogP) is 2.73. The molecule has 0 bridgehead atoms. The third-order valence-corrected chi connectivity index (χ3v) is 10.9. The van der Waals surface area contributed by atoms with Crippen molar-refractivity contribution in [2.24, 2.45) is 0 Å². The molecule has 0 spiro atoms. The van der Waals surface area contributed by atoms with Crippen molar-refractivity contribution in [3.63, 3.8) is 0 Å². The number of carbonyl (C=O) groups excluding carboxylic acids is 5. The Labute approximate surface area is 412 Å². The monoisotopic (exact) mass is 1010 g/mol. The van der Waals surface area contributed by atoms with Crippen molar-refractivity contribution in [2.75, 3.05) is 26.7 Å². The van der Waals surface area contributed by atoms with Gasteiger partial charge in [-0.3, -0.25) is 14.9 Å². The molecule has 1 saturated heterocycles. The molecule has 0 unspecified atom stereocenters. The van der Waals surface area contributed by atoms with Crippen LogP contribution in [-0.2, 0) is 49.3 Å². The standard InChI is InChI=1S/C46H72N6O19/c1-43(2,3)69-40(58)47-20-19-30(53)37(56)49-28-21-29(50-41(59)70-44(4,5)6)34(32(54)35(28)68-38-33(55)36(46(10,61)24-65-38)51(11)42(60)71-45(7,8)9)67-31-14-12-13-27(66-31)22-48-39(57)64-23-25-15-17-26(18-16-25)52(62)63/h13,15-18,28-36,38,53-55,61H,12,14,19-24H2,1-11H3,(H,47,58)(H,48,57)(H,49,56)(H,50,59)/t28-,29+,30+,31-,32+,33-,34-,35+,36-,38-,46+/m1/s1. The van der Waals surface area contributed by atoms with Crippen LogP contribution in [0.5, 0.6) is 0 Å². The van der Waals surface area contributed by atoms with Crippen molar-refractivity contribution in [1.29, 1.82) is 0 Å². The van der Waals surface area contributed by atoms with Gasteiger partial charge < -0.3 is 84.5 Å². The minimum absolute atomic E-state index is 0.123. The molecular formula is C46H72N6O19. The molecule has 2 heterocycles. The highest BCUT2D eigenvalue weighted by atomic mass is 16.7. The van der Waals surface area contributed by atoms with Gasteiger partial charge >= 0.3 is 24.4 Å². The first kappa shape index (κ1) is 58.0. The number of carbonyl (C=O) groups is 5. The van der Waals surface area contributed by atoms with E-state index in [0.717, 1.165) is 4.90 Å². The van der Waals surface area contributed by atoms with E-state index in [4.69, 9.17) is 37.9 Å². The van der Waals surface area contributed by atoms with Crippen LogP contribution in [-0.4, -0.2) is 171 Å². The number of rotatable bonds is 16. The number of ether oxygens (including phenoxy) is 8. The predicted molar refractivity (Wildman–Crippen MR) is 248 cm³/mol. The molecule has 0 aromatic heterocycles. The van der Waals surface area contributed by atoms with Crippen LogP contribution in [0.15, 0.2) is 36.1 Å². The highest BCUT2D eigenvalue weighted by Gasteiger charge is 2.55. The summed E-state index contributed by atoms with van der Waals surface area (Å²) < 4.78 is 46.1. The van der Waals surface area contributed by atoms with Crippen molar-refractivity contribution in [1.82, 2.24) is 26.2 Å². The number of likely N-dealkylation sites (N-methyl/N-ethyl adjacent to an activating group) is 1. The molecule has 1 aliphatic carbocycles. The Kier molecular flexibility index (Phi) is 19.8. The summed E-state index contributed by atoms with van der Waals surface area (Å²) in [4.78, 5) is 76.6. The van der Waals surface area contributed by atoms with Gasteiger partial charge in [0.15, 0.2) is 12.6 Å². The lowest BCUT2D eigenvalue weighted by atomic mass is 9.82. The number of nitro benzene ring substituents is 1. The Morgan fingerprint density at radius 3 is 2.06 bits per heavy atom. The van der Waals surface area contributed by atoms with Gasteiger partial charge in [-0.1, -0.05) is 0 Å². The summed E-state index contributed by atoms with van der Waals surface area (Å²) in [7, 11) is 1.31. The smallest absolute Gasteiger partial charge is 0.410 e. The molecule has 2 fully saturated rings. The van der Waals surface area contributed by atoms with Crippen molar-refractivity contribution < 1.29 is 87.2 Å². The van der Waals surface area contributed by atoms with Crippen LogP contribution in [0, 0.1) is 10.1 Å². The van der Waals surface area contributed by atoms with Gasteiger partial charge in [0.05, 0.1) is 36.2 Å². The average Bonchev–Trinajstić information content (AvgIpc) is 3.23. The van der Waals surface area contributed by atoms with E-state index in [1.165, 1.54) is 38.2 Å². The van der Waals surface area contributed by atoms with Crippen molar-refractivity contribution in [2.45, 2.75) is 185 Å². The highest BCUT2D eigenvalue weighted by Crippen LogP contribution is 2.35. The summed E-state index contributed by atoms with van der Waals surface area (Å²) in [6, 6.07) is 1.55. The lowest BCUT2D eigenvalue weighted by Crippen LogP contribution is -2.70. The van der Waals surface area contributed by atoms with E-state index in [1.54, 1.807) is 68.4 Å². The summed E-state index contributed by atoms with van der Waals surface area (Å²) in [5, 5.41) is 67.9. The van der Waals surface area contributed by atoms with E-state index in [0.29, 0.717) is 12.0 Å². The largest absolute Gasteiger partial charge is 0.468 e. The van der Waals surface area contributed by atoms with Gasteiger partial charge in [0.1, 0.15) is 65.3 Å². The molecule has 1 aromatic rings. The molecule has 400 valence electrons. The third kappa shape index (κ3) is 18.2. The minimum Gasteiger partial charge on any atom is -0.468 e. The molecule has 3 aliphatic rings. The van der Waals surface area contributed by atoms with Gasteiger partial charge in [0.25, 0.3) is 5.69 Å². The lowest BCUT2D eigenvalue weighted by Gasteiger charge is -2.50. The molecule has 71 heavy (non-hydrogen) atoms. The Morgan fingerprint density at radius 1 is 0.859 bits per heavy atom. The summed E-state index contributed by atoms with van der Waals surface area (Å²) in [6.45, 7) is 15.1. The number of alkyl carbamates (subject to hydrolysis) is 3. The van der Waals surface area contributed by atoms with Crippen LogP contribution in [0.1, 0.15) is 100 Å². The fraction of sp³-hybridized carbons (Fsp3) is 0.717. The zero-order valence-corrected chi connectivity index (χ0v) is 42.1. The Bertz CT molecular complexity index is 2030. The number of nitrogens with zero attached hydrogens (tertiary/aromatic N) is 2. The molecular weight excluding hydrogens is 941 g/mol. The maximum atomic E-state index is 13.7. The summed E-state index contributed by atoms with van der Waals surface area (Å²) in [5.74, 6) is -0.730. The molecule has 25 nitrogen and oxygen atoms in total. The number of non-ortho nitro benzene ring substituents is 1. The number of benzene rings is 1. The first-order valence-corrected chi connectivity index (χ1v) is 23.2. The molecule has 25 heteroatoms. The molecule has 0 radical (unpaired) electrons. The summed E-state index contributed by atoms with van der Waals surface area (Å²) >= 11 is 0. The Hall–Kier alpha value is -5.57. The second-order valence-corrected chi connectivity index (χ2v) is 20.7. The third-order valence-electron chi connectivity index (χ3n) is 10.9. The molecule has 8 N–H and O–H groups in total. The van der Waals surface area contributed by atoms with Crippen molar-refractivity contribution in [3.05, 3.63) is 51.8 Å². The maximum absolute atomic E-state index is 13.7. The van der Waals surface area contributed by atoms with E-state index >= 15 is 0 Å². The number of nitro groups is 1. The zero-order chi connectivity index (χ0) is 53.2. The number of hydrogen-bond acceptors (Lipinski definition) is 19. The molecule has 2 aliphatic heterocycles. The molecule has 4 rings (SSSR count). The SMILES string of the molecule is CN(C(=O)OC(C)(C)C)[C@@H]1[C@@H](O)[C@@H](O[C@@H]2[C@@H](O)[C@H](O[C@@H]3CCC=C(CNC(=O)OCc4ccc([N+](=O)[O-])cc4)O3)[C@@H](NC(=O)OC(C)(C)C)C[C@H]2NC(=O)[C@@H](O)CCNC(=O)OC(C)(C)C)OC[C@]1(C)O. The van der Waals surface area contributed by atoms with Gasteiger partial charge in [-0.2, -0.15) is 0 Å². The van der Waals surface area contributed by atoms with Gasteiger partial charge in [-0.05, 0) is 112 Å². The summed E-state index contributed by atoms with van der Waals surface area (Å²) in [6.07, 6.45) is -12.9. The van der Waals surface area contributed by atoms with E-state index in [2.05, 4.69) is 21.3 Å². The van der Waals surface area contributed by atoms with Crippen molar-refractivity contribution >= 4 is 36.0 Å². The van der Waals surface area contributed by atoms with Crippen molar-refractivity contribution in [3.8, 4) is 0 Å². The highest BCUT2D eigenvalue weighted by molar-refractivity contribution is 5.81. The molecule has 5 amide bonds. The second kappa shape index (κ2) is 24.2. The van der Waals surface area contributed by atoms with E-state index in [-0.39, 0.29) is 50.4 Å². The van der Waals surface area contributed by atoms with E-state index < -0.39 is 125 Å². The van der Waals surface area contributed by atoms with Gasteiger partial charge in [-0.15, -0.1) is 0 Å². The van der Waals surface area contributed by atoms with Crippen LogP contribution in [0.4, 0.5) is 24.9 Å². The first-order chi connectivity index (χ1) is 32.8.